The molecule has 0 aromatic rings. The van der Waals surface area contributed by atoms with Gasteiger partial charge >= 0.3 is 5.97 Å². The van der Waals surface area contributed by atoms with Gasteiger partial charge in [-0.1, -0.05) is 44.2 Å². The van der Waals surface area contributed by atoms with Crippen LogP contribution in [0.3, 0.4) is 0 Å². The lowest BCUT2D eigenvalue weighted by atomic mass is 9.71. The molecule has 0 aromatic heterocycles. The van der Waals surface area contributed by atoms with Gasteiger partial charge in [-0.05, 0) is 55.7 Å². The average Bonchev–Trinajstić information content (AvgIpc) is 3.27. The number of hydrogen-bond acceptors (Lipinski definition) is 9. The molecule has 5 aliphatic rings. The zero-order valence-corrected chi connectivity index (χ0v) is 24.6. The van der Waals surface area contributed by atoms with Gasteiger partial charge in [-0.25, -0.2) is 0 Å². The maximum Gasteiger partial charge on any atom is 0.316 e. The summed E-state index contributed by atoms with van der Waals surface area (Å²) in [5.41, 5.74) is 0.0552. The number of ether oxygens (including phenoxy) is 4. The van der Waals surface area contributed by atoms with Gasteiger partial charge in [0.25, 0.3) is 0 Å². The van der Waals surface area contributed by atoms with Crippen LogP contribution in [0.25, 0.3) is 0 Å². The third-order valence-corrected chi connectivity index (χ3v) is 9.78. The molecule has 0 aromatic carbocycles. The lowest BCUT2D eigenvalue weighted by molar-refractivity contribution is -0.336. The van der Waals surface area contributed by atoms with Crippen LogP contribution < -0.4 is 0 Å². The number of aliphatic hydroxyl groups excluding tert-OH is 3. The molecule has 0 saturated carbocycles. The number of carbonyl (C=O) groups is 1. The highest BCUT2D eigenvalue weighted by Gasteiger charge is 2.60. The van der Waals surface area contributed by atoms with Crippen LogP contribution in [0.2, 0.25) is 0 Å². The highest BCUT2D eigenvalue weighted by atomic mass is 16.7. The molecule has 4 heterocycles. The van der Waals surface area contributed by atoms with E-state index in [0.717, 1.165) is 12.0 Å². The summed E-state index contributed by atoms with van der Waals surface area (Å²) in [6, 6.07) is 0. The molecule has 0 unspecified atom stereocenters. The molecule has 0 amide bonds. The zero-order chi connectivity index (χ0) is 29.5. The Morgan fingerprint density at radius 2 is 1.85 bits per heavy atom. The Balaban J connectivity index is 1.52. The second-order valence-corrected chi connectivity index (χ2v) is 12.8. The molecule has 4 N–H and O–H groups in total. The fourth-order valence-electron chi connectivity index (χ4n) is 7.16. The molecule has 1 spiro atoms. The van der Waals surface area contributed by atoms with Crippen molar-refractivity contribution in [3.63, 3.8) is 0 Å². The third-order valence-electron chi connectivity index (χ3n) is 9.78. The van der Waals surface area contributed by atoms with E-state index in [1.54, 1.807) is 25.2 Å². The van der Waals surface area contributed by atoms with Crippen molar-refractivity contribution in [3.05, 3.63) is 47.1 Å². The summed E-state index contributed by atoms with van der Waals surface area (Å²) >= 11 is 0. The summed E-state index contributed by atoms with van der Waals surface area (Å²) in [6.07, 6.45) is 8.37. The van der Waals surface area contributed by atoms with E-state index in [9.17, 15) is 25.2 Å². The second kappa shape index (κ2) is 12.0. The van der Waals surface area contributed by atoms with Crippen molar-refractivity contribution in [2.45, 2.75) is 114 Å². The second-order valence-electron chi connectivity index (χ2n) is 12.8. The largest absolute Gasteiger partial charge is 0.462 e. The molecule has 0 radical (unpaired) electrons. The van der Waals surface area contributed by atoms with Crippen LogP contribution in [0.4, 0.5) is 0 Å². The molecule has 9 nitrogen and oxygen atoms in total. The summed E-state index contributed by atoms with van der Waals surface area (Å²) in [5, 5.41) is 43.5. The topological polar surface area (TPSA) is 135 Å². The number of rotatable bonds is 2. The normalized spacial score (nSPS) is 48.7. The Morgan fingerprint density at radius 3 is 2.61 bits per heavy atom. The highest BCUT2D eigenvalue weighted by molar-refractivity contribution is 5.78. The van der Waals surface area contributed by atoms with Crippen molar-refractivity contribution in [2.75, 3.05) is 13.2 Å². The molecule has 11 atom stereocenters. The van der Waals surface area contributed by atoms with E-state index in [0.29, 0.717) is 43.3 Å². The molecule has 3 fully saturated rings. The molecule has 5 rings (SSSR count). The summed E-state index contributed by atoms with van der Waals surface area (Å²) in [5.74, 6) is -2.56. The van der Waals surface area contributed by atoms with Gasteiger partial charge in [0.2, 0.25) is 0 Å². The van der Waals surface area contributed by atoms with Gasteiger partial charge in [0.15, 0.2) is 5.79 Å². The van der Waals surface area contributed by atoms with Crippen LogP contribution in [0.15, 0.2) is 47.1 Å². The fourth-order valence-corrected chi connectivity index (χ4v) is 7.16. The molecule has 2 bridgehead atoms. The SMILES string of the molecule is CC1=C[C@H]2C(=O)O[C@H]3C[C@@H](C/C=C(\C)[C@H](O)[C@@H](C)/C=C/C=C4\CO[C@H]([C@@H]1O)[C@@]42O)O[C@@]1(CC[C@H](C)[C@@H](CCO)O1)C3. The molecule has 3 saturated heterocycles. The molecular weight excluding hydrogens is 528 g/mol. The summed E-state index contributed by atoms with van der Waals surface area (Å²) in [4.78, 5) is 13.9. The maximum absolute atomic E-state index is 13.9. The Kier molecular flexibility index (Phi) is 8.98. The first-order chi connectivity index (χ1) is 19.5. The maximum atomic E-state index is 13.9. The lowest BCUT2D eigenvalue weighted by Gasteiger charge is -2.50. The first-order valence-electron chi connectivity index (χ1n) is 15.1. The van der Waals surface area contributed by atoms with Gasteiger partial charge in [-0.2, -0.15) is 0 Å². The monoisotopic (exact) mass is 574 g/mol. The van der Waals surface area contributed by atoms with Crippen molar-refractivity contribution < 1.29 is 44.2 Å². The van der Waals surface area contributed by atoms with Crippen LogP contribution in [0.5, 0.6) is 0 Å². The average molecular weight is 575 g/mol. The Bertz CT molecular complexity index is 1110. The van der Waals surface area contributed by atoms with Crippen LogP contribution >= 0.6 is 0 Å². The number of esters is 1. The minimum Gasteiger partial charge on any atom is -0.462 e. The van der Waals surface area contributed by atoms with E-state index in [-0.39, 0.29) is 37.3 Å². The van der Waals surface area contributed by atoms with Gasteiger partial charge in [-0.15, -0.1) is 0 Å². The number of hydrogen-bond donors (Lipinski definition) is 4. The van der Waals surface area contributed by atoms with Crippen LogP contribution in [-0.2, 0) is 23.7 Å². The van der Waals surface area contributed by atoms with Crippen molar-refractivity contribution in [1.29, 1.82) is 0 Å². The summed E-state index contributed by atoms with van der Waals surface area (Å²) in [6.45, 7) is 7.71. The number of aliphatic hydroxyl groups is 4. The molecule has 9 heteroatoms. The van der Waals surface area contributed by atoms with E-state index >= 15 is 0 Å². The minimum atomic E-state index is -1.78. The van der Waals surface area contributed by atoms with Gasteiger partial charge in [0.05, 0.1) is 24.9 Å². The first-order valence-corrected chi connectivity index (χ1v) is 15.1. The molecule has 41 heavy (non-hydrogen) atoms. The Labute approximate surface area is 242 Å². The van der Waals surface area contributed by atoms with Gasteiger partial charge in [-0.3, -0.25) is 4.79 Å². The highest BCUT2D eigenvalue weighted by Crippen LogP contribution is 2.47. The van der Waals surface area contributed by atoms with E-state index in [1.165, 1.54) is 0 Å². The van der Waals surface area contributed by atoms with Crippen LogP contribution in [0.1, 0.15) is 66.2 Å². The van der Waals surface area contributed by atoms with Gasteiger partial charge in [0.1, 0.15) is 29.8 Å². The minimum absolute atomic E-state index is 0.0102. The van der Waals surface area contributed by atoms with Crippen molar-refractivity contribution in [3.8, 4) is 0 Å². The Morgan fingerprint density at radius 1 is 1.07 bits per heavy atom. The fraction of sp³-hybridized carbons (Fsp3) is 0.719. The van der Waals surface area contributed by atoms with Crippen molar-refractivity contribution >= 4 is 5.97 Å². The molecule has 228 valence electrons. The van der Waals surface area contributed by atoms with Crippen molar-refractivity contribution in [1.82, 2.24) is 0 Å². The predicted octanol–water partition coefficient (Wildman–Crippen LogP) is 2.87. The van der Waals surface area contributed by atoms with Crippen LogP contribution in [-0.4, -0.2) is 87.6 Å². The van der Waals surface area contributed by atoms with Gasteiger partial charge in [0, 0.05) is 31.8 Å². The summed E-state index contributed by atoms with van der Waals surface area (Å²) in [7, 11) is 0. The Hall–Kier alpha value is -1.85. The van der Waals surface area contributed by atoms with E-state index < -0.39 is 47.7 Å². The number of allylic oxidation sites excluding steroid dienone is 2. The summed E-state index contributed by atoms with van der Waals surface area (Å²) < 4.78 is 25.2. The van der Waals surface area contributed by atoms with Crippen molar-refractivity contribution in [2.24, 2.45) is 17.8 Å². The molecule has 1 aliphatic carbocycles. The lowest BCUT2D eigenvalue weighted by Crippen LogP contribution is -2.58. The van der Waals surface area contributed by atoms with E-state index in [2.05, 4.69) is 6.92 Å². The number of fused-ring (bicyclic) bond motifs is 2. The first kappa shape index (κ1) is 30.6. The molecular formula is C32H46O9. The zero-order valence-electron chi connectivity index (χ0n) is 24.6. The van der Waals surface area contributed by atoms with Gasteiger partial charge < -0.3 is 39.4 Å². The standard InChI is InChI=1S/C32H46O9/c1-18-10-12-31(41-26(18)11-13-33)16-24-15-23(40-31)9-8-20(3)27(34)19(2)6-5-7-22-17-38-29-28(35)21(4)14-25(30(36)39-24)32(22,29)37/h5-8,14,18-19,23-29,33-35,37H,9-13,15-17H2,1-4H3/b6-5+,20-8+,22-7+/t18-,19-,23+,24-,25-,26+,27+,28+,29+,31+,32+/m0/s1. The van der Waals surface area contributed by atoms with Crippen LogP contribution in [0, 0.1) is 17.8 Å². The number of carbonyl (C=O) groups excluding carboxylic acids is 1. The third kappa shape index (κ3) is 5.87. The van der Waals surface area contributed by atoms with E-state index in [4.69, 9.17) is 18.9 Å². The van der Waals surface area contributed by atoms with E-state index in [1.807, 2.05) is 26.0 Å². The molecule has 4 aliphatic heterocycles. The quantitative estimate of drug-likeness (QED) is 0.290. The smallest absolute Gasteiger partial charge is 0.316 e. The predicted molar refractivity (Wildman–Crippen MR) is 150 cm³/mol.